The van der Waals surface area contributed by atoms with Crippen molar-refractivity contribution in [2.45, 2.75) is 70.9 Å². The van der Waals surface area contributed by atoms with Gasteiger partial charge in [-0.2, -0.15) is 18.5 Å². The summed E-state index contributed by atoms with van der Waals surface area (Å²) in [7, 11) is 0. The molecule has 38 heavy (non-hydrogen) atoms. The van der Waals surface area contributed by atoms with Gasteiger partial charge >= 0.3 is 5.97 Å². The van der Waals surface area contributed by atoms with Gasteiger partial charge in [-0.25, -0.2) is 0 Å². The lowest BCUT2D eigenvalue weighted by molar-refractivity contribution is -0.137. The summed E-state index contributed by atoms with van der Waals surface area (Å²) >= 11 is 0. The van der Waals surface area contributed by atoms with E-state index in [0.717, 1.165) is 61.1 Å². The second-order valence-corrected chi connectivity index (χ2v) is 9.91. The van der Waals surface area contributed by atoms with Crippen LogP contribution in [0.4, 0.5) is 0 Å². The van der Waals surface area contributed by atoms with Crippen molar-refractivity contribution >= 4 is 19.5 Å². The molecule has 2 aromatic carbocycles. The smallest absolute Gasteiger partial charge is 0.304 e. The third-order valence-electron chi connectivity index (χ3n) is 6.73. The molecule has 202 valence electrons. The molecular weight excluding hydrogens is 498 g/mol. The zero-order valence-corrected chi connectivity index (χ0v) is 23.3. The van der Waals surface area contributed by atoms with Crippen molar-refractivity contribution in [3.05, 3.63) is 76.9 Å². The van der Waals surface area contributed by atoms with E-state index in [2.05, 4.69) is 65.0 Å². The molecule has 0 radical (unpaired) electrons. The summed E-state index contributed by atoms with van der Waals surface area (Å²) in [6.07, 6.45) is 2.06. The molecule has 1 aromatic heterocycles. The van der Waals surface area contributed by atoms with Gasteiger partial charge in [0.1, 0.15) is 12.4 Å². The third-order valence-corrected chi connectivity index (χ3v) is 6.73. The first-order chi connectivity index (χ1) is 17.9. The van der Waals surface area contributed by atoms with Crippen LogP contribution in [0.5, 0.6) is 5.75 Å². The number of benzene rings is 2. The van der Waals surface area contributed by atoms with Gasteiger partial charge in [0.15, 0.2) is 5.82 Å². The van der Waals surface area contributed by atoms with Crippen LogP contribution in [0.1, 0.15) is 86.2 Å². The van der Waals surface area contributed by atoms with Crippen LogP contribution in [0.2, 0.25) is 0 Å². The molecule has 0 unspecified atom stereocenters. The molecular formula is C30H37N3O4S. The number of carboxylic acids is 1. The lowest BCUT2D eigenvalue weighted by atomic mass is 9.96. The average molecular weight is 536 g/mol. The van der Waals surface area contributed by atoms with Crippen molar-refractivity contribution in [1.82, 2.24) is 15.0 Å². The van der Waals surface area contributed by atoms with Crippen LogP contribution in [0, 0.1) is 11.8 Å². The first-order valence-corrected chi connectivity index (χ1v) is 12.9. The van der Waals surface area contributed by atoms with Crippen molar-refractivity contribution < 1.29 is 19.2 Å². The molecule has 0 spiro atoms. The molecule has 1 aliphatic heterocycles. The first-order valence-electron chi connectivity index (χ1n) is 12.9. The molecule has 1 fully saturated rings. The highest BCUT2D eigenvalue weighted by atomic mass is 32.1. The van der Waals surface area contributed by atoms with E-state index in [4.69, 9.17) is 14.4 Å². The second-order valence-electron chi connectivity index (χ2n) is 9.91. The van der Waals surface area contributed by atoms with E-state index in [0.29, 0.717) is 12.5 Å². The molecule has 8 heteroatoms. The minimum absolute atomic E-state index is 0. The van der Waals surface area contributed by atoms with Crippen LogP contribution in [0.25, 0.3) is 0 Å². The number of aromatic nitrogens is 2. The zero-order valence-electron chi connectivity index (χ0n) is 22.3. The fraction of sp³-hybridized carbons (Fsp3) is 0.433. The highest BCUT2D eigenvalue weighted by Gasteiger charge is 2.25. The average Bonchev–Trinajstić information content (AvgIpc) is 3.40. The number of hydrogen-bond acceptors (Lipinski definition) is 6. The first kappa shape index (κ1) is 29.3. The van der Waals surface area contributed by atoms with E-state index in [9.17, 15) is 4.79 Å². The van der Waals surface area contributed by atoms with Crippen LogP contribution < -0.4 is 4.74 Å². The molecule has 1 N–H and O–H groups in total. The predicted octanol–water partition coefficient (Wildman–Crippen LogP) is 5.85. The summed E-state index contributed by atoms with van der Waals surface area (Å²) in [4.78, 5) is 18.2. The van der Waals surface area contributed by atoms with Gasteiger partial charge in [0.05, 0.1) is 12.3 Å². The number of rotatable bonds is 10. The molecule has 7 nitrogen and oxygen atoms in total. The molecule has 1 aliphatic rings. The molecule has 0 amide bonds. The number of aliphatic carboxylic acids is 1. The minimum atomic E-state index is -0.857. The summed E-state index contributed by atoms with van der Waals surface area (Å²) < 4.78 is 11.5. The van der Waals surface area contributed by atoms with Gasteiger partial charge in [-0.15, -0.1) is 5.92 Å². The maximum atomic E-state index is 11.1. The number of piperidine rings is 1. The fourth-order valence-corrected chi connectivity index (χ4v) is 4.55. The van der Waals surface area contributed by atoms with Gasteiger partial charge < -0.3 is 14.4 Å². The van der Waals surface area contributed by atoms with Crippen LogP contribution >= 0.6 is 13.5 Å². The van der Waals surface area contributed by atoms with E-state index >= 15 is 0 Å². The van der Waals surface area contributed by atoms with Crippen LogP contribution in [0.3, 0.4) is 0 Å². The van der Waals surface area contributed by atoms with Crippen molar-refractivity contribution in [2.24, 2.45) is 0 Å². The van der Waals surface area contributed by atoms with Gasteiger partial charge in [-0.05, 0) is 61.7 Å². The second kappa shape index (κ2) is 14.0. The Bertz CT molecular complexity index is 1220. The fourth-order valence-electron chi connectivity index (χ4n) is 4.55. The van der Waals surface area contributed by atoms with Crippen LogP contribution in [-0.2, 0) is 17.9 Å². The lowest BCUT2D eigenvalue weighted by Crippen LogP contribution is -2.32. The SMILES string of the molecule is CC#C[C@@H](CC(=O)O)c1ccc(OCc2ccc(CN3CCC(c4nc(C(C)C)no4)CC3)cc2)cc1.S. The van der Waals surface area contributed by atoms with Crippen LogP contribution in [0.15, 0.2) is 53.1 Å². The molecule has 0 bridgehead atoms. The van der Waals surface area contributed by atoms with E-state index in [-0.39, 0.29) is 31.8 Å². The molecule has 3 aromatic rings. The Kier molecular flexibility index (Phi) is 10.8. The van der Waals surface area contributed by atoms with Gasteiger partial charge in [-0.1, -0.05) is 61.3 Å². The van der Waals surface area contributed by atoms with Gasteiger partial charge in [0.25, 0.3) is 0 Å². The Balaban J connectivity index is 0.00000400. The highest BCUT2D eigenvalue weighted by molar-refractivity contribution is 7.59. The van der Waals surface area contributed by atoms with Crippen molar-refractivity contribution in [3.8, 4) is 17.6 Å². The molecule has 1 saturated heterocycles. The standard InChI is InChI=1S/C30H35N3O4.H2S/c1-4-5-26(18-28(34)35)24-10-12-27(13-11-24)36-20-23-8-6-22(7-9-23)19-33-16-14-25(15-17-33)30-31-29(21(2)3)32-37-30;/h6-13,21,25-26H,14-20H2,1-3H3,(H,34,35);1H2/t26-;/m0./s1. The normalized spacial score (nSPS) is 14.8. The summed E-state index contributed by atoms with van der Waals surface area (Å²) in [5.41, 5.74) is 3.27. The van der Waals surface area contributed by atoms with Crippen molar-refractivity contribution in [1.29, 1.82) is 0 Å². The minimum Gasteiger partial charge on any atom is -0.489 e. The van der Waals surface area contributed by atoms with E-state index < -0.39 is 5.97 Å². The molecule has 0 saturated carbocycles. The number of hydrogen-bond donors (Lipinski definition) is 1. The Hall–Kier alpha value is -3.28. The number of carboxylic acid groups (broad SMARTS) is 1. The third kappa shape index (κ3) is 8.11. The van der Waals surface area contributed by atoms with E-state index in [1.165, 1.54) is 5.56 Å². The van der Waals surface area contributed by atoms with E-state index in [1.807, 2.05) is 24.3 Å². The summed E-state index contributed by atoms with van der Waals surface area (Å²) in [6.45, 7) is 9.31. The Morgan fingerprint density at radius 1 is 1.11 bits per heavy atom. The Morgan fingerprint density at radius 3 is 2.34 bits per heavy atom. The van der Waals surface area contributed by atoms with Crippen molar-refractivity contribution in [2.75, 3.05) is 13.1 Å². The number of likely N-dealkylation sites (tertiary alicyclic amines) is 1. The topological polar surface area (TPSA) is 88.7 Å². The maximum absolute atomic E-state index is 11.1. The number of ether oxygens (including phenoxy) is 1. The molecule has 2 heterocycles. The van der Waals surface area contributed by atoms with Gasteiger partial charge in [0.2, 0.25) is 5.89 Å². The number of nitrogens with zero attached hydrogens (tertiary/aromatic N) is 3. The lowest BCUT2D eigenvalue weighted by Gasteiger charge is -2.30. The number of carbonyl (C=O) groups is 1. The summed E-state index contributed by atoms with van der Waals surface area (Å²) in [6, 6.07) is 16.1. The summed E-state index contributed by atoms with van der Waals surface area (Å²) in [5, 5.41) is 13.2. The zero-order chi connectivity index (χ0) is 26.2. The largest absolute Gasteiger partial charge is 0.489 e. The van der Waals surface area contributed by atoms with Gasteiger partial charge in [0, 0.05) is 18.4 Å². The van der Waals surface area contributed by atoms with Crippen LogP contribution in [-0.4, -0.2) is 39.2 Å². The monoisotopic (exact) mass is 535 g/mol. The summed E-state index contributed by atoms with van der Waals surface area (Å²) in [5.74, 6) is 7.59. The molecule has 1 atom stereocenters. The molecule has 4 rings (SSSR count). The predicted molar refractivity (Wildman–Crippen MR) is 152 cm³/mol. The van der Waals surface area contributed by atoms with Gasteiger partial charge in [-0.3, -0.25) is 9.69 Å². The van der Waals surface area contributed by atoms with E-state index in [1.54, 1.807) is 6.92 Å². The maximum Gasteiger partial charge on any atom is 0.304 e. The Morgan fingerprint density at radius 2 is 1.76 bits per heavy atom. The quantitative estimate of drug-likeness (QED) is 0.326. The Labute approximate surface area is 232 Å². The van der Waals surface area contributed by atoms with Crippen molar-refractivity contribution in [3.63, 3.8) is 0 Å². The molecule has 0 aliphatic carbocycles. The highest BCUT2D eigenvalue weighted by Crippen LogP contribution is 2.28.